The molecule has 2 fully saturated rings. The number of nitrogens with zero attached hydrogens (tertiary/aromatic N) is 5. The van der Waals surface area contributed by atoms with Crippen molar-refractivity contribution in [2.24, 2.45) is 0 Å². The lowest BCUT2D eigenvalue weighted by Gasteiger charge is -2.41. The van der Waals surface area contributed by atoms with E-state index in [-0.39, 0.29) is 25.5 Å². The number of hydrogen-bond acceptors (Lipinski definition) is 11. The molecule has 0 spiro atoms. The number of rotatable bonds is 9. The zero-order valence-electron chi connectivity index (χ0n) is 27.7. The summed E-state index contributed by atoms with van der Waals surface area (Å²) in [6.07, 6.45) is 1.59. The molecular weight excluding hydrogens is 600 g/mol. The molecule has 0 bridgehead atoms. The monoisotopic (exact) mass is 646 g/mol. The van der Waals surface area contributed by atoms with Crippen LogP contribution in [0.15, 0.2) is 24.5 Å². The normalized spacial score (nSPS) is 18.1. The summed E-state index contributed by atoms with van der Waals surface area (Å²) in [5, 5.41) is 2.51. The molecule has 2 aliphatic heterocycles. The summed E-state index contributed by atoms with van der Waals surface area (Å²) in [6, 6.07) is 1.04. The molecule has 15 heteroatoms. The lowest BCUT2D eigenvalue weighted by atomic mass is 10.0. The van der Waals surface area contributed by atoms with Crippen molar-refractivity contribution in [2.75, 3.05) is 57.8 Å². The number of carbonyl (C=O) groups excluding carboxylic acids is 6. The van der Waals surface area contributed by atoms with Crippen LogP contribution in [-0.4, -0.2) is 132 Å². The smallest absolute Gasteiger partial charge is 0.408 e. The lowest BCUT2D eigenvalue weighted by Crippen LogP contribution is -2.63. The number of hydrogen-bond donors (Lipinski definition) is 1. The van der Waals surface area contributed by atoms with Gasteiger partial charge in [-0.25, -0.2) is 4.79 Å². The molecule has 1 N–H and O–H groups in total. The van der Waals surface area contributed by atoms with Crippen LogP contribution in [-0.2, 0) is 38.2 Å². The molecule has 0 aliphatic carbocycles. The predicted molar refractivity (Wildman–Crippen MR) is 165 cm³/mol. The molecule has 254 valence electrons. The van der Waals surface area contributed by atoms with E-state index in [1.807, 2.05) is 12.1 Å². The molecule has 2 atom stereocenters. The number of methoxy groups -OCH3 is 1. The number of piperazine rings is 2. The van der Waals surface area contributed by atoms with Gasteiger partial charge in [-0.05, 0) is 53.7 Å². The van der Waals surface area contributed by atoms with E-state index in [2.05, 4.69) is 15.2 Å². The number of alkyl carbamates (subject to hydrolysis) is 1. The Morgan fingerprint density at radius 3 is 2.07 bits per heavy atom. The highest BCUT2D eigenvalue weighted by Crippen LogP contribution is 2.21. The van der Waals surface area contributed by atoms with E-state index < -0.39 is 66.0 Å². The van der Waals surface area contributed by atoms with Crippen molar-refractivity contribution in [3.8, 4) is 0 Å². The first-order chi connectivity index (χ1) is 21.5. The highest BCUT2D eigenvalue weighted by molar-refractivity contribution is 5.97. The molecule has 0 radical (unpaired) electrons. The lowest BCUT2D eigenvalue weighted by molar-refractivity contribution is -0.164. The van der Waals surface area contributed by atoms with E-state index in [0.717, 1.165) is 17.7 Å². The molecule has 1 aromatic heterocycles. The van der Waals surface area contributed by atoms with Gasteiger partial charge in [0.05, 0.1) is 20.0 Å². The minimum atomic E-state index is -1.40. The molecule has 15 nitrogen and oxygen atoms in total. The standard InChI is InChI=1S/C31H46N6O9/c1-30(2,3)45-26(40)20-36-16-17-37(23(28(36)42)19-25(39)44-7)27(41)22(33-29(43)46-31(4,5)6)18-24(38)35-14-12-34(13-15-35)21-8-10-32-11-9-21/h8-11,22-23H,12-20H2,1-7H3,(H,33,43). The summed E-state index contributed by atoms with van der Waals surface area (Å²) in [7, 11) is 1.15. The van der Waals surface area contributed by atoms with Crippen LogP contribution in [0.25, 0.3) is 0 Å². The molecule has 2 saturated heterocycles. The second kappa shape index (κ2) is 15.2. The Bertz CT molecular complexity index is 1270. The Morgan fingerprint density at radius 2 is 1.50 bits per heavy atom. The fourth-order valence-electron chi connectivity index (χ4n) is 5.15. The van der Waals surface area contributed by atoms with E-state index >= 15 is 0 Å². The second-order valence-electron chi connectivity index (χ2n) is 13.2. The number of anilines is 1. The van der Waals surface area contributed by atoms with Crippen molar-refractivity contribution < 1.29 is 43.0 Å². The highest BCUT2D eigenvalue weighted by Gasteiger charge is 2.43. The van der Waals surface area contributed by atoms with Crippen LogP contribution in [0.2, 0.25) is 0 Å². The summed E-state index contributed by atoms with van der Waals surface area (Å²) in [5.41, 5.74) is -0.683. The van der Waals surface area contributed by atoms with Crippen molar-refractivity contribution in [3.63, 3.8) is 0 Å². The first-order valence-corrected chi connectivity index (χ1v) is 15.3. The van der Waals surface area contributed by atoms with E-state index in [1.54, 1.807) is 58.8 Å². The van der Waals surface area contributed by atoms with Crippen molar-refractivity contribution in [2.45, 2.75) is 77.7 Å². The SMILES string of the molecule is COC(=O)CC1C(=O)N(CC(=O)OC(C)(C)C)CCN1C(=O)C(CC(=O)N1CCN(c2ccncc2)CC1)NC(=O)OC(C)(C)C. The van der Waals surface area contributed by atoms with E-state index in [0.29, 0.717) is 26.2 Å². The Labute approximate surface area is 269 Å². The summed E-state index contributed by atoms with van der Waals surface area (Å²) in [5.74, 6) is -3.17. The maximum absolute atomic E-state index is 14.1. The molecule has 4 amide bonds. The number of nitrogens with one attached hydrogen (secondary N) is 1. The molecule has 1 aromatic rings. The second-order valence-corrected chi connectivity index (χ2v) is 13.2. The molecule has 2 aliphatic rings. The number of carbonyl (C=O) groups is 6. The van der Waals surface area contributed by atoms with Gasteiger partial charge in [0.1, 0.15) is 29.8 Å². The van der Waals surface area contributed by atoms with Crippen molar-refractivity contribution in [1.29, 1.82) is 0 Å². The number of esters is 2. The zero-order valence-corrected chi connectivity index (χ0v) is 27.7. The summed E-state index contributed by atoms with van der Waals surface area (Å²) in [6.45, 7) is 11.5. The third kappa shape index (κ3) is 10.6. The molecule has 2 unspecified atom stereocenters. The van der Waals surface area contributed by atoms with E-state index in [1.165, 1.54) is 4.90 Å². The van der Waals surface area contributed by atoms with Crippen LogP contribution in [0.3, 0.4) is 0 Å². The Kier molecular flexibility index (Phi) is 11.9. The Morgan fingerprint density at radius 1 is 0.891 bits per heavy atom. The van der Waals surface area contributed by atoms with Gasteiger partial charge in [0.2, 0.25) is 17.7 Å². The van der Waals surface area contributed by atoms with Gasteiger partial charge in [0.15, 0.2) is 0 Å². The maximum Gasteiger partial charge on any atom is 0.408 e. The van der Waals surface area contributed by atoms with Gasteiger partial charge in [-0.2, -0.15) is 0 Å². The third-order valence-corrected chi connectivity index (χ3v) is 7.22. The van der Waals surface area contributed by atoms with Gasteiger partial charge in [-0.3, -0.25) is 29.0 Å². The van der Waals surface area contributed by atoms with E-state index in [9.17, 15) is 28.8 Å². The van der Waals surface area contributed by atoms with Crippen LogP contribution < -0.4 is 10.2 Å². The van der Waals surface area contributed by atoms with Crippen molar-refractivity contribution >= 4 is 41.4 Å². The van der Waals surface area contributed by atoms with E-state index in [4.69, 9.17) is 14.2 Å². The number of aromatic nitrogens is 1. The first-order valence-electron chi connectivity index (χ1n) is 15.3. The zero-order chi connectivity index (χ0) is 34.2. The third-order valence-electron chi connectivity index (χ3n) is 7.22. The summed E-state index contributed by atoms with van der Waals surface area (Å²) < 4.78 is 15.5. The quantitative estimate of drug-likeness (QED) is 0.300. The van der Waals surface area contributed by atoms with Crippen molar-refractivity contribution in [3.05, 3.63) is 24.5 Å². The highest BCUT2D eigenvalue weighted by atomic mass is 16.6. The molecule has 3 heterocycles. The molecular formula is C31H46N6O9. The van der Waals surface area contributed by atoms with Gasteiger partial charge < -0.3 is 39.1 Å². The van der Waals surface area contributed by atoms with Crippen LogP contribution in [0.4, 0.5) is 10.5 Å². The predicted octanol–water partition coefficient (Wildman–Crippen LogP) is 0.958. The fourth-order valence-corrected chi connectivity index (χ4v) is 5.15. The van der Waals surface area contributed by atoms with Crippen LogP contribution >= 0.6 is 0 Å². The van der Waals surface area contributed by atoms with Crippen molar-refractivity contribution in [1.82, 2.24) is 25.0 Å². The average Bonchev–Trinajstić information content (AvgIpc) is 2.97. The largest absolute Gasteiger partial charge is 0.469 e. The van der Waals surface area contributed by atoms with Gasteiger partial charge in [-0.15, -0.1) is 0 Å². The van der Waals surface area contributed by atoms with Crippen LogP contribution in [0, 0.1) is 0 Å². The molecule has 3 rings (SSSR count). The molecule has 0 saturated carbocycles. The van der Waals surface area contributed by atoms with Crippen LogP contribution in [0.5, 0.6) is 0 Å². The van der Waals surface area contributed by atoms with Gasteiger partial charge >= 0.3 is 18.0 Å². The molecule has 0 aromatic carbocycles. The minimum Gasteiger partial charge on any atom is -0.469 e. The Hall–Kier alpha value is -4.43. The minimum absolute atomic E-state index is 0.0362. The van der Waals surface area contributed by atoms with Gasteiger partial charge in [0, 0.05) is 57.3 Å². The van der Waals surface area contributed by atoms with Crippen LogP contribution in [0.1, 0.15) is 54.4 Å². The summed E-state index contributed by atoms with van der Waals surface area (Å²) >= 11 is 0. The molecule has 46 heavy (non-hydrogen) atoms. The fraction of sp³-hybridized carbons (Fsp3) is 0.645. The van der Waals surface area contributed by atoms with Gasteiger partial charge in [0.25, 0.3) is 0 Å². The number of pyridine rings is 1. The van der Waals surface area contributed by atoms with Gasteiger partial charge in [-0.1, -0.05) is 0 Å². The first kappa shape index (κ1) is 36.0. The number of amides is 4. The maximum atomic E-state index is 14.1. The topological polar surface area (TPSA) is 168 Å². The Balaban J connectivity index is 1.79. The summed E-state index contributed by atoms with van der Waals surface area (Å²) in [4.78, 5) is 88.9. The number of ether oxygens (including phenoxy) is 3. The average molecular weight is 647 g/mol.